The average molecular weight is 400 g/mol. The van der Waals surface area contributed by atoms with Crippen LogP contribution in [0, 0.1) is 5.41 Å². The molecule has 0 spiro atoms. The minimum absolute atomic E-state index is 0.147. The summed E-state index contributed by atoms with van der Waals surface area (Å²) >= 11 is 0. The number of carbonyl (C=O) groups excluding carboxylic acids is 1. The van der Waals surface area contributed by atoms with Crippen molar-refractivity contribution in [2.24, 2.45) is 12.5 Å². The van der Waals surface area contributed by atoms with E-state index in [0.717, 1.165) is 38.2 Å². The first-order chi connectivity index (χ1) is 13.7. The third kappa shape index (κ3) is 6.03. The summed E-state index contributed by atoms with van der Waals surface area (Å²) in [4.78, 5) is 15.2. The van der Waals surface area contributed by atoms with Crippen LogP contribution in [0.15, 0.2) is 30.6 Å². The number of aromatic nitrogens is 3. The summed E-state index contributed by atoms with van der Waals surface area (Å²) in [5.74, 6) is 1.32. The zero-order chi connectivity index (χ0) is 21.0. The molecule has 1 N–H and O–H groups in total. The number of likely N-dealkylation sites (tertiary alicyclic amines) is 1. The number of benzene rings is 1. The van der Waals surface area contributed by atoms with E-state index in [1.165, 1.54) is 0 Å². The van der Waals surface area contributed by atoms with Gasteiger partial charge in [-0.15, -0.1) is 10.2 Å². The fourth-order valence-electron chi connectivity index (χ4n) is 3.79. The second kappa shape index (κ2) is 8.95. The van der Waals surface area contributed by atoms with E-state index in [9.17, 15) is 4.79 Å². The van der Waals surface area contributed by atoms with E-state index in [2.05, 4.69) is 41.2 Å². The van der Waals surface area contributed by atoms with Gasteiger partial charge in [0, 0.05) is 32.2 Å². The first kappa shape index (κ1) is 21.3. The van der Waals surface area contributed by atoms with Crippen molar-refractivity contribution in [3.63, 3.8) is 0 Å². The van der Waals surface area contributed by atoms with Gasteiger partial charge >= 0.3 is 0 Å². The summed E-state index contributed by atoms with van der Waals surface area (Å²) in [5.41, 5.74) is 0.902. The van der Waals surface area contributed by atoms with Crippen LogP contribution < -0.4 is 10.1 Å². The number of aryl methyl sites for hydroxylation is 1. The molecule has 0 aliphatic carbocycles. The van der Waals surface area contributed by atoms with E-state index in [-0.39, 0.29) is 18.1 Å². The topological polar surface area (TPSA) is 72.3 Å². The first-order valence-corrected chi connectivity index (χ1v) is 10.3. The predicted molar refractivity (Wildman–Crippen MR) is 113 cm³/mol. The third-order valence-electron chi connectivity index (χ3n) is 5.11. The molecule has 1 atom stereocenters. The SMILES string of the molecule is C[C@@H](NC(=O)c1cccc(OC2CCN(CC(C)(C)C)CC2)c1)c1nncn1C. The molecule has 1 aliphatic rings. The second-order valence-electron chi connectivity index (χ2n) is 9.18. The number of carbonyl (C=O) groups is 1. The molecular formula is C22H33N5O2. The number of nitrogens with one attached hydrogen (secondary N) is 1. The highest BCUT2D eigenvalue weighted by Crippen LogP contribution is 2.23. The third-order valence-corrected chi connectivity index (χ3v) is 5.11. The highest BCUT2D eigenvalue weighted by Gasteiger charge is 2.24. The van der Waals surface area contributed by atoms with Gasteiger partial charge in [0.15, 0.2) is 5.82 Å². The number of hydrogen-bond donors (Lipinski definition) is 1. The van der Waals surface area contributed by atoms with E-state index in [1.54, 1.807) is 17.0 Å². The highest BCUT2D eigenvalue weighted by molar-refractivity contribution is 5.94. The summed E-state index contributed by atoms with van der Waals surface area (Å²) in [6, 6.07) is 7.18. The smallest absolute Gasteiger partial charge is 0.251 e. The van der Waals surface area contributed by atoms with Crippen molar-refractivity contribution >= 4 is 5.91 Å². The van der Waals surface area contributed by atoms with E-state index in [0.29, 0.717) is 16.8 Å². The van der Waals surface area contributed by atoms with Crippen molar-refractivity contribution in [2.45, 2.75) is 52.7 Å². The zero-order valence-electron chi connectivity index (χ0n) is 18.2. The van der Waals surface area contributed by atoms with Crippen LogP contribution in [0.25, 0.3) is 0 Å². The van der Waals surface area contributed by atoms with Crippen LogP contribution in [0.4, 0.5) is 0 Å². The van der Waals surface area contributed by atoms with Crippen LogP contribution in [0.2, 0.25) is 0 Å². The number of nitrogens with zero attached hydrogens (tertiary/aromatic N) is 4. The molecule has 29 heavy (non-hydrogen) atoms. The van der Waals surface area contributed by atoms with Gasteiger partial charge in [0.1, 0.15) is 18.2 Å². The maximum Gasteiger partial charge on any atom is 0.251 e. The Morgan fingerprint density at radius 3 is 2.66 bits per heavy atom. The van der Waals surface area contributed by atoms with E-state index < -0.39 is 0 Å². The summed E-state index contributed by atoms with van der Waals surface area (Å²) in [6.07, 6.45) is 3.84. The van der Waals surface area contributed by atoms with Gasteiger partial charge in [0.05, 0.1) is 6.04 Å². The maximum atomic E-state index is 12.7. The Bertz CT molecular complexity index is 819. The Balaban J connectivity index is 1.54. The minimum atomic E-state index is -0.230. The molecule has 0 bridgehead atoms. The molecule has 1 aromatic carbocycles. The molecule has 158 valence electrons. The number of ether oxygens (including phenoxy) is 1. The molecule has 2 aromatic rings. The molecule has 2 heterocycles. The fourth-order valence-corrected chi connectivity index (χ4v) is 3.79. The number of amides is 1. The Labute approximate surface area is 173 Å². The van der Waals surface area contributed by atoms with E-state index >= 15 is 0 Å². The molecule has 1 fully saturated rings. The molecule has 7 heteroatoms. The van der Waals surface area contributed by atoms with Crippen molar-refractivity contribution in [1.82, 2.24) is 25.0 Å². The molecule has 1 saturated heterocycles. The molecule has 1 aliphatic heterocycles. The van der Waals surface area contributed by atoms with Gasteiger partial charge in [-0.2, -0.15) is 0 Å². The lowest BCUT2D eigenvalue weighted by molar-refractivity contribution is 0.0808. The van der Waals surface area contributed by atoms with Crippen molar-refractivity contribution in [3.8, 4) is 5.75 Å². The van der Waals surface area contributed by atoms with Gasteiger partial charge in [-0.3, -0.25) is 4.79 Å². The van der Waals surface area contributed by atoms with Gasteiger partial charge in [0.2, 0.25) is 0 Å². The average Bonchev–Trinajstić information content (AvgIpc) is 3.08. The van der Waals surface area contributed by atoms with Crippen LogP contribution >= 0.6 is 0 Å². The Morgan fingerprint density at radius 2 is 2.03 bits per heavy atom. The molecule has 7 nitrogen and oxygen atoms in total. The van der Waals surface area contributed by atoms with E-state index in [4.69, 9.17) is 4.74 Å². The standard InChI is InChI=1S/C22H33N5O2/c1-16(20-25-23-15-26(20)5)24-21(28)17-7-6-8-19(13-17)29-18-9-11-27(12-10-18)14-22(2,3)4/h6-8,13,15-16,18H,9-12,14H2,1-5H3,(H,24,28)/t16-/m1/s1. The lowest BCUT2D eigenvalue weighted by Gasteiger charge is -2.36. The Kier molecular flexibility index (Phi) is 6.57. The maximum absolute atomic E-state index is 12.7. The molecule has 0 radical (unpaired) electrons. The molecule has 1 amide bonds. The number of rotatable bonds is 6. The summed E-state index contributed by atoms with van der Waals surface area (Å²) in [7, 11) is 1.86. The quantitative estimate of drug-likeness (QED) is 0.808. The van der Waals surface area contributed by atoms with Crippen molar-refractivity contribution in [1.29, 1.82) is 0 Å². The monoisotopic (exact) mass is 399 g/mol. The highest BCUT2D eigenvalue weighted by atomic mass is 16.5. The van der Waals surface area contributed by atoms with Gasteiger partial charge < -0.3 is 19.5 Å². The van der Waals surface area contributed by atoms with Crippen LogP contribution in [0.3, 0.4) is 0 Å². The fraction of sp³-hybridized carbons (Fsp3) is 0.591. The van der Waals surface area contributed by atoms with Crippen molar-refractivity contribution < 1.29 is 9.53 Å². The van der Waals surface area contributed by atoms with E-state index in [1.807, 2.05) is 32.2 Å². The number of piperidine rings is 1. The zero-order valence-corrected chi connectivity index (χ0v) is 18.2. The van der Waals surface area contributed by atoms with Crippen LogP contribution in [-0.4, -0.2) is 51.3 Å². The van der Waals surface area contributed by atoms with Gasteiger partial charge in [-0.05, 0) is 43.4 Å². The normalized spacial score (nSPS) is 17.1. The van der Waals surface area contributed by atoms with Gasteiger partial charge in [-0.1, -0.05) is 26.8 Å². The number of hydrogen-bond acceptors (Lipinski definition) is 5. The molecule has 0 unspecified atom stereocenters. The molecule has 1 aromatic heterocycles. The van der Waals surface area contributed by atoms with Crippen LogP contribution in [-0.2, 0) is 7.05 Å². The van der Waals surface area contributed by atoms with Crippen LogP contribution in [0.5, 0.6) is 5.75 Å². The Morgan fingerprint density at radius 1 is 1.31 bits per heavy atom. The second-order valence-corrected chi connectivity index (χ2v) is 9.18. The van der Waals surface area contributed by atoms with Gasteiger partial charge in [-0.25, -0.2) is 0 Å². The summed E-state index contributed by atoms with van der Waals surface area (Å²) < 4.78 is 7.99. The summed E-state index contributed by atoms with van der Waals surface area (Å²) in [6.45, 7) is 11.9. The van der Waals surface area contributed by atoms with Gasteiger partial charge in [0.25, 0.3) is 5.91 Å². The lowest BCUT2D eigenvalue weighted by atomic mass is 9.94. The molecule has 0 saturated carbocycles. The molecule has 3 rings (SSSR count). The first-order valence-electron chi connectivity index (χ1n) is 10.3. The molecular weight excluding hydrogens is 366 g/mol. The van der Waals surface area contributed by atoms with Crippen LogP contribution in [0.1, 0.15) is 62.8 Å². The van der Waals surface area contributed by atoms with Crippen molar-refractivity contribution in [2.75, 3.05) is 19.6 Å². The lowest BCUT2D eigenvalue weighted by Crippen LogP contribution is -2.42. The predicted octanol–water partition coefficient (Wildman–Crippen LogP) is 3.20. The summed E-state index contributed by atoms with van der Waals surface area (Å²) in [5, 5.41) is 10.9. The largest absolute Gasteiger partial charge is 0.490 e. The van der Waals surface area contributed by atoms with Crippen molar-refractivity contribution in [3.05, 3.63) is 42.0 Å². The Hall–Kier alpha value is -2.41. The minimum Gasteiger partial charge on any atom is -0.490 e.